The van der Waals surface area contributed by atoms with Gasteiger partial charge >= 0.3 is 0 Å². The number of aromatic nitrogens is 2. The van der Waals surface area contributed by atoms with Gasteiger partial charge in [0.25, 0.3) is 0 Å². The van der Waals surface area contributed by atoms with Crippen LogP contribution in [0, 0.1) is 11.8 Å². The standard InChI is InChI=1S/C51H48F2N4O3/c52-31-43(56-25-17-35(18-26-56)49-39-5-1-3-7-45(39)59-47-29-37(9-11-41(47)49)33-13-21-54-22-14-33)51(58)44(32-53)57-27-19-36(20-28-57)50-40-6-2-4-8-46(40)60-48-30-38(10-12-42(48)50)34-15-23-55-24-16-34/h1-16,21-24,29-30,35-36,43-44,49-50H,17-20,25-28,31-32H2. The molecule has 2 aromatic heterocycles. The quantitative estimate of drug-likeness (QED) is 0.137. The highest BCUT2D eigenvalue weighted by atomic mass is 19.1. The fourth-order valence-electron chi connectivity index (χ4n) is 10.5. The molecule has 9 heteroatoms. The number of nitrogens with zero attached hydrogens (tertiary/aromatic N) is 4. The molecule has 0 N–H and O–H groups in total. The maximum absolute atomic E-state index is 15.1. The first-order valence-corrected chi connectivity index (χ1v) is 21.3. The summed E-state index contributed by atoms with van der Waals surface area (Å²) in [5, 5.41) is 0. The summed E-state index contributed by atoms with van der Waals surface area (Å²) in [6.07, 6.45) is 10.3. The van der Waals surface area contributed by atoms with Gasteiger partial charge in [-0.05, 0) is 134 Å². The molecule has 2 saturated heterocycles. The largest absolute Gasteiger partial charge is 0.457 e. The second-order valence-electron chi connectivity index (χ2n) is 16.7. The first-order chi connectivity index (χ1) is 29.6. The van der Waals surface area contributed by atoms with Crippen LogP contribution in [0.15, 0.2) is 134 Å². The van der Waals surface area contributed by atoms with Gasteiger partial charge in [-0.25, -0.2) is 8.78 Å². The van der Waals surface area contributed by atoms with Gasteiger partial charge in [-0.3, -0.25) is 24.6 Å². The summed E-state index contributed by atoms with van der Waals surface area (Å²) in [6.45, 7) is 0.633. The zero-order valence-corrected chi connectivity index (χ0v) is 33.5. The van der Waals surface area contributed by atoms with Crippen LogP contribution in [-0.2, 0) is 4.79 Å². The van der Waals surface area contributed by atoms with Crippen LogP contribution in [0.25, 0.3) is 22.3 Å². The maximum atomic E-state index is 15.1. The molecule has 6 aromatic rings. The number of ether oxygens (including phenoxy) is 2. The molecule has 4 aliphatic rings. The van der Waals surface area contributed by atoms with Crippen LogP contribution in [0.2, 0.25) is 0 Å². The van der Waals surface area contributed by atoms with E-state index in [2.05, 4.69) is 70.6 Å². The summed E-state index contributed by atoms with van der Waals surface area (Å²) < 4.78 is 43.1. The Morgan fingerprint density at radius 3 is 1.30 bits per heavy atom. The highest BCUT2D eigenvalue weighted by molar-refractivity contribution is 5.89. The van der Waals surface area contributed by atoms with Crippen LogP contribution in [0.5, 0.6) is 23.0 Å². The molecule has 304 valence electrons. The number of benzene rings is 4. The van der Waals surface area contributed by atoms with Crippen molar-refractivity contribution in [3.63, 3.8) is 0 Å². The van der Waals surface area contributed by atoms with Crippen molar-refractivity contribution >= 4 is 5.78 Å². The van der Waals surface area contributed by atoms with Gasteiger partial charge in [0.05, 0.1) is 12.1 Å². The fourth-order valence-corrected chi connectivity index (χ4v) is 10.5. The van der Waals surface area contributed by atoms with Crippen molar-refractivity contribution in [2.45, 2.75) is 49.6 Å². The van der Waals surface area contributed by atoms with Crippen molar-refractivity contribution in [1.29, 1.82) is 0 Å². The Hall–Kier alpha value is -5.77. The van der Waals surface area contributed by atoms with E-state index in [1.807, 2.05) is 58.3 Å². The molecule has 6 heterocycles. The van der Waals surface area contributed by atoms with E-state index in [9.17, 15) is 4.79 Å². The molecule has 4 unspecified atom stereocenters. The number of likely N-dealkylation sites (tertiary alicyclic amines) is 2. The van der Waals surface area contributed by atoms with E-state index in [4.69, 9.17) is 9.47 Å². The number of fused-ring (bicyclic) bond motifs is 4. The van der Waals surface area contributed by atoms with Crippen molar-refractivity contribution in [2.75, 3.05) is 39.5 Å². The molecule has 4 aliphatic heterocycles. The molecule has 7 nitrogen and oxygen atoms in total. The zero-order chi connectivity index (χ0) is 40.6. The van der Waals surface area contributed by atoms with Crippen molar-refractivity contribution < 1.29 is 23.0 Å². The monoisotopic (exact) mass is 802 g/mol. The van der Waals surface area contributed by atoms with E-state index >= 15 is 8.78 Å². The Labute approximate surface area is 350 Å². The lowest BCUT2D eigenvalue weighted by atomic mass is 9.74. The zero-order valence-electron chi connectivity index (χ0n) is 33.5. The number of pyridine rings is 2. The minimum atomic E-state index is -0.967. The maximum Gasteiger partial charge on any atom is 0.172 e. The van der Waals surface area contributed by atoms with Gasteiger partial charge < -0.3 is 9.47 Å². The van der Waals surface area contributed by atoms with Crippen LogP contribution in [0.3, 0.4) is 0 Å². The Bertz CT molecular complexity index is 2300. The normalized spacial score (nSPS) is 20.4. The third-order valence-electron chi connectivity index (χ3n) is 13.6. The van der Waals surface area contributed by atoms with E-state index < -0.39 is 25.4 Å². The van der Waals surface area contributed by atoms with E-state index in [0.29, 0.717) is 26.2 Å². The van der Waals surface area contributed by atoms with Gasteiger partial charge in [0.1, 0.15) is 36.3 Å². The average Bonchev–Trinajstić information content (AvgIpc) is 3.31. The minimum absolute atomic E-state index is 0.108. The molecule has 10 rings (SSSR count). The Morgan fingerprint density at radius 2 is 0.900 bits per heavy atom. The molecule has 2 fully saturated rings. The number of para-hydroxylation sites is 2. The molecule has 0 saturated carbocycles. The highest BCUT2D eigenvalue weighted by Gasteiger charge is 2.42. The summed E-state index contributed by atoms with van der Waals surface area (Å²) >= 11 is 0. The number of carbonyl (C=O) groups excluding carboxylic acids is 1. The van der Waals surface area contributed by atoms with Crippen molar-refractivity contribution in [1.82, 2.24) is 19.8 Å². The first kappa shape index (κ1) is 38.4. The molecular weight excluding hydrogens is 755 g/mol. The number of hydrogen-bond acceptors (Lipinski definition) is 7. The lowest BCUT2D eigenvalue weighted by Crippen LogP contribution is -2.56. The van der Waals surface area contributed by atoms with Crippen LogP contribution < -0.4 is 9.47 Å². The highest BCUT2D eigenvalue weighted by Crippen LogP contribution is 2.52. The predicted octanol–water partition coefficient (Wildman–Crippen LogP) is 10.7. The van der Waals surface area contributed by atoms with Gasteiger partial charge in [0, 0.05) is 58.9 Å². The summed E-state index contributed by atoms with van der Waals surface area (Å²) in [7, 11) is 0. The molecule has 0 spiro atoms. The molecule has 4 aromatic carbocycles. The van der Waals surface area contributed by atoms with Gasteiger partial charge in [-0.2, -0.15) is 0 Å². The summed E-state index contributed by atoms with van der Waals surface area (Å²) in [4.78, 5) is 26.5. The van der Waals surface area contributed by atoms with Crippen molar-refractivity contribution in [3.8, 4) is 45.3 Å². The summed E-state index contributed by atoms with van der Waals surface area (Å²) in [5.74, 6) is 3.83. The number of rotatable bonds is 10. The van der Waals surface area contributed by atoms with Crippen LogP contribution in [-0.4, -0.2) is 77.2 Å². The van der Waals surface area contributed by atoms with E-state index in [1.165, 1.54) is 0 Å². The smallest absolute Gasteiger partial charge is 0.172 e. The third kappa shape index (κ3) is 7.17. The number of Topliss-reactive ketones (excluding diaryl/α,β-unsaturated/α-hetero) is 1. The summed E-state index contributed by atoms with van der Waals surface area (Å²) in [5.41, 5.74) is 8.88. The first-order valence-electron chi connectivity index (χ1n) is 21.3. The lowest BCUT2D eigenvalue weighted by Gasteiger charge is -2.43. The number of ketones is 1. The van der Waals surface area contributed by atoms with Gasteiger partial charge in [0.2, 0.25) is 0 Å². The topological polar surface area (TPSA) is 67.8 Å². The third-order valence-corrected chi connectivity index (χ3v) is 13.6. The van der Waals surface area contributed by atoms with E-state index in [1.54, 1.807) is 24.8 Å². The Kier molecular flexibility index (Phi) is 10.7. The Morgan fingerprint density at radius 1 is 0.517 bits per heavy atom. The predicted molar refractivity (Wildman–Crippen MR) is 229 cm³/mol. The fraction of sp³-hybridized carbons (Fsp3) is 0.314. The molecule has 60 heavy (non-hydrogen) atoms. The number of carbonyl (C=O) groups is 1. The van der Waals surface area contributed by atoms with Crippen LogP contribution >= 0.6 is 0 Å². The molecule has 0 radical (unpaired) electrons. The van der Waals surface area contributed by atoms with Crippen LogP contribution in [0.1, 0.15) is 59.8 Å². The average molecular weight is 803 g/mol. The lowest BCUT2D eigenvalue weighted by molar-refractivity contribution is -0.132. The second-order valence-corrected chi connectivity index (χ2v) is 16.7. The SMILES string of the molecule is O=C(C(CF)N1CCC(C2c3ccccc3Oc3cc(-c4ccncc4)ccc32)CC1)C(CF)N1CCC(C2c3ccccc3Oc3cc(-c4ccncc4)ccc32)CC1. The molecule has 0 bridgehead atoms. The molecule has 0 aliphatic carbocycles. The van der Waals surface area contributed by atoms with Crippen molar-refractivity contribution in [3.05, 3.63) is 156 Å². The van der Waals surface area contributed by atoms with Crippen molar-refractivity contribution in [2.24, 2.45) is 11.8 Å². The number of alkyl halides is 2. The number of piperidine rings is 2. The second kappa shape index (κ2) is 16.7. The van der Waals surface area contributed by atoms with Crippen LogP contribution in [0.4, 0.5) is 8.78 Å². The van der Waals surface area contributed by atoms with Gasteiger partial charge in [-0.15, -0.1) is 0 Å². The number of halogens is 2. The minimum Gasteiger partial charge on any atom is -0.457 e. The van der Waals surface area contributed by atoms with Gasteiger partial charge in [0.15, 0.2) is 5.78 Å². The molecule has 0 amide bonds. The Balaban J connectivity index is 0.820. The van der Waals surface area contributed by atoms with E-state index in [-0.39, 0.29) is 29.5 Å². The molecular formula is C51H48F2N4O3. The van der Waals surface area contributed by atoms with E-state index in [0.717, 1.165) is 93.2 Å². The van der Waals surface area contributed by atoms with Gasteiger partial charge in [-0.1, -0.05) is 60.7 Å². The summed E-state index contributed by atoms with van der Waals surface area (Å²) in [6, 6.07) is 35.4. The molecule has 4 atom stereocenters. The number of hydrogen-bond donors (Lipinski definition) is 0.